The van der Waals surface area contributed by atoms with Crippen LogP contribution in [0.5, 0.6) is 0 Å². The average Bonchev–Trinajstić information content (AvgIpc) is 3.48. The molecule has 1 aliphatic heterocycles. The molecule has 2 N–H and O–H groups in total. The summed E-state index contributed by atoms with van der Waals surface area (Å²) in [7, 11) is -3.92. The second-order valence-corrected chi connectivity index (χ2v) is 13.5. The molecule has 1 heterocycles. The molecule has 0 bridgehead atoms. The molecular formula is C31H35FN2O5S2. The second kappa shape index (κ2) is 13.7. The molecule has 7 nitrogen and oxygen atoms in total. The summed E-state index contributed by atoms with van der Waals surface area (Å²) in [5, 5.41) is -0.881. The monoisotopic (exact) mass is 598 g/mol. The van der Waals surface area contributed by atoms with Crippen molar-refractivity contribution in [2.75, 3.05) is 18.9 Å². The topological polar surface area (TPSA) is 107 Å². The van der Waals surface area contributed by atoms with Crippen molar-refractivity contribution in [2.45, 2.75) is 48.9 Å². The Morgan fingerprint density at radius 2 is 1.63 bits per heavy atom. The number of nitrogens with two attached hydrogens (primary N) is 1. The highest BCUT2D eigenvalue weighted by molar-refractivity contribution is 8.02. The molecule has 0 radical (unpaired) electrons. The van der Waals surface area contributed by atoms with E-state index in [1.54, 1.807) is 36.4 Å². The smallest absolute Gasteiger partial charge is 0.323 e. The fraction of sp³-hybridized carbons (Fsp3) is 0.355. The van der Waals surface area contributed by atoms with Gasteiger partial charge >= 0.3 is 5.97 Å². The Labute approximate surface area is 245 Å². The molecule has 0 aliphatic carbocycles. The minimum absolute atomic E-state index is 0.00997. The van der Waals surface area contributed by atoms with E-state index in [0.717, 1.165) is 11.1 Å². The van der Waals surface area contributed by atoms with Gasteiger partial charge in [-0.3, -0.25) is 9.59 Å². The largest absolute Gasteiger partial charge is 0.465 e. The van der Waals surface area contributed by atoms with E-state index < -0.39 is 39.1 Å². The van der Waals surface area contributed by atoms with Gasteiger partial charge in [-0.2, -0.15) is 4.31 Å². The van der Waals surface area contributed by atoms with Gasteiger partial charge in [0.05, 0.1) is 11.5 Å². The number of nitrogens with zero attached hydrogens (tertiary/aromatic N) is 1. The molecule has 41 heavy (non-hydrogen) atoms. The molecule has 0 spiro atoms. The highest BCUT2D eigenvalue weighted by atomic mass is 32.2. The lowest BCUT2D eigenvalue weighted by Crippen LogP contribution is -2.40. The van der Waals surface area contributed by atoms with Gasteiger partial charge in [0.1, 0.15) is 17.2 Å². The number of carbonyl (C=O) groups is 2. The van der Waals surface area contributed by atoms with Gasteiger partial charge in [0.15, 0.2) is 5.78 Å². The van der Waals surface area contributed by atoms with Crippen molar-refractivity contribution < 1.29 is 27.1 Å². The normalized spacial score (nSPS) is 17.3. The number of ketones is 1. The summed E-state index contributed by atoms with van der Waals surface area (Å²) in [6.45, 7) is 3.89. The van der Waals surface area contributed by atoms with E-state index in [1.165, 1.54) is 28.2 Å². The van der Waals surface area contributed by atoms with E-state index in [4.69, 9.17) is 10.5 Å². The van der Waals surface area contributed by atoms with E-state index in [-0.39, 0.29) is 36.2 Å². The average molecular weight is 599 g/mol. The number of halogens is 1. The van der Waals surface area contributed by atoms with Crippen LogP contribution in [0.2, 0.25) is 0 Å². The number of hydrogen-bond acceptors (Lipinski definition) is 7. The first-order valence-corrected chi connectivity index (χ1v) is 16.1. The third kappa shape index (κ3) is 7.62. The Hall–Kier alpha value is -3.05. The molecular weight excluding hydrogens is 563 g/mol. The molecule has 1 saturated heterocycles. The van der Waals surface area contributed by atoms with Crippen LogP contribution >= 0.6 is 11.8 Å². The minimum Gasteiger partial charge on any atom is -0.465 e. The fourth-order valence-corrected chi connectivity index (χ4v) is 7.84. The number of benzene rings is 3. The van der Waals surface area contributed by atoms with Crippen molar-refractivity contribution in [2.24, 2.45) is 11.7 Å². The first kappa shape index (κ1) is 30.9. The van der Waals surface area contributed by atoms with Crippen LogP contribution in [0.1, 0.15) is 38.2 Å². The zero-order valence-corrected chi connectivity index (χ0v) is 24.7. The lowest BCUT2D eigenvalue weighted by atomic mass is 9.91. The van der Waals surface area contributed by atoms with Crippen molar-refractivity contribution in [3.05, 3.63) is 90.2 Å². The standard InChI is InChI=1S/C31H35FN2O5S2/c1-21(2)29(33)31(36)39-18-16-25(24-8-12-26(32)13-9-24)20-28(35)30-34(17-19-40-30)41(37,38)27-14-10-23(11-15-27)22-6-4-3-5-7-22/h3-15,21,25,29-30H,16-20,33H2,1-2H3/t25-,29+,30+/m1/s1. The molecule has 0 saturated carbocycles. The third-order valence-corrected chi connectivity index (χ3v) is 10.4. The molecule has 0 aromatic heterocycles. The number of hydrogen-bond donors (Lipinski definition) is 1. The maximum Gasteiger partial charge on any atom is 0.323 e. The Balaban J connectivity index is 1.48. The van der Waals surface area contributed by atoms with Crippen LogP contribution in [0.15, 0.2) is 83.8 Å². The Morgan fingerprint density at radius 1 is 1.00 bits per heavy atom. The Kier molecular flexibility index (Phi) is 10.4. The van der Waals surface area contributed by atoms with Crippen molar-refractivity contribution in [1.29, 1.82) is 0 Å². The number of sulfonamides is 1. The zero-order chi connectivity index (χ0) is 29.6. The SMILES string of the molecule is CC(C)[C@H](N)C(=O)OCC[C@H](CC(=O)[C@@H]1SCCN1S(=O)(=O)c1ccc(-c2ccccc2)cc1)c1ccc(F)cc1. The zero-order valence-electron chi connectivity index (χ0n) is 23.1. The van der Waals surface area contributed by atoms with Crippen molar-refractivity contribution in [3.8, 4) is 11.1 Å². The van der Waals surface area contributed by atoms with Gasteiger partial charge in [0.25, 0.3) is 0 Å². The van der Waals surface area contributed by atoms with Gasteiger partial charge in [-0.1, -0.05) is 68.4 Å². The summed E-state index contributed by atoms with van der Waals surface area (Å²) in [6, 6.07) is 21.4. The minimum atomic E-state index is -3.92. The highest BCUT2D eigenvalue weighted by Crippen LogP contribution is 2.35. The van der Waals surface area contributed by atoms with Gasteiger partial charge < -0.3 is 10.5 Å². The number of esters is 1. The lowest BCUT2D eigenvalue weighted by molar-refractivity contribution is -0.146. The van der Waals surface area contributed by atoms with Crippen molar-refractivity contribution >= 4 is 33.5 Å². The predicted molar refractivity (Wildman–Crippen MR) is 159 cm³/mol. The van der Waals surface area contributed by atoms with E-state index in [9.17, 15) is 22.4 Å². The molecule has 3 atom stereocenters. The fourth-order valence-electron chi connectivity index (χ4n) is 4.68. The van der Waals surface area contributed by atoms with Crippen molar-refractivity contribution in [1.82, 2.24) is 4.31 Å². The number of ether oxygens (including phenoxy) is 1. The van der Waals surface area contributed by atoms with Crippen LogP contribution in [0.3, 0.4) is 0 Å². The summed E-state index contributed by atoms with van der Waals surface area (Å²) < 4.78 is 47.5. The molecule has 1 aliphatic rings. The van der Waals surface area contributed by atoms with Crippen LogP contribution in [-0.2, 0) is 24.3 Å². The molecule has 0 unspecified atom stereocenters. The van der Waals surface area contributed by atoms with Crippen LogP contribution in [0.25, 0.3) is 11.1 Å². The third-order valence-electron chi connectivity index (χ3n) is 7.18. The van der Waals surface area contributed by atoms with Gasteiger partial charge in [0, 0.05) is 18.7 Å². The molecule has 3 aromatic carbocycles. The summed E-state index contributed by atoms with van der Waals surface area (Å²) in [4.78, 5) is 25.9. The predicted octanol–water partition coefficient (Wildman–Crippen LogP) is 5.22. The van der Waals surface area contributed by atoms with Crippen LogP contribution in [0.4, 0.5) is 4.39 Å². The van der Waals surface area contributed by atoms with Gasteiger partial charge in [-0.15, -0.1) is 11.8 Å². The molecule has 4 rings (SSSR count). The first-order valence-electron chi connectivity index (χ1n) is 13.6. The van der Waals surface area contributed by atoms with Crippen LogP contribution in [-0.4, -0.2) is 54.8 Å². The van der Waals surface area contributed by atoms with Crippen molar-refractivity contribution in [3.63, 3.8) is 0 Å². The van der Waals surface area contributed by atoms with E-state index in [2.05, 4.69) is 0 Å². The molecule has 218 valence electrons. The number of Topliss-reactive ketones (excluding diaryl/α,β-unsaturated/α-hetero) is 1. The molecule has 3 aromatic rings. The molecule has 0 amide bonds. The summed E-state index contributed by atoms with van der Waals surface area (Å²) in [6.07, 6.45) is 0.315. The van der Waals surface area contributed by atoms with Gasteiger partial charge in [-0.05, 0) is 59.2 Å². The number of thioether (sulfide) groups is 1. The molecule has 1 fully saturated rings. The van der Waals surface area contributed by atoms with E-state index in [1.807, 2.05) is 44.2 Å². The van der Waals surface area contributed by atoms with E-state index in [0.29, 0.717) is 17.7 Å². The number of rotatable bonds is 12. The Morgan fingerprint density at radius 3 is 2.27 bits per heavy atom. The number of carbonyl (C=O) groups excluding carboxylic acids is 2. The highest BCUT2D eigenvalue weighted by Gasteiger charge is 2.40. The van der Waals surface area contributed by atoms with Gasteiger partial charge in [-0.25, -0.2) is 12.8 Å². The quantitative estimate of drug-likeness (QED) is 0.285. The summed E-state index contributed by atoms with van der Waals surface area (Å²) in [5.41, 5.74) is 8.45. The maximum atomic E-state index is 13.6. The van der Waals surface area contributed by atoms with E-state index >= 15 is 0 Å². The lowest BCUT2D eigenvalue weighted by Gasteiger charge is -2.25. The Bertz CT molecular complexity index is 1430. The van der Waals surface area contributed by atoms with Crippen LogP contribution < -0.4 is 5.73 Å². The van der Waals surface area contributed by atoms with Crippen LogP contribution in [0, 0.1) is 11.7 Å². The summed E-state index contributed by atoms with van der Waals surface area (Å²) >= 11 is 1.29. The molecule has 10 heteroatoms. The van der Waals surface area contributed by atoms with Gasteiger partial charge in [0.2, 0.25) is 10.0 Å². The second-order valence-electron chi connectivity index (χ2n) is 10.4. The first-order chi connectivity index (χ1) is 19.6. The maximum absolute atomic E-state index is 13.6. The summed E-state index contributed by atoms with van der Waals surface area (Å²) in [5.74, 6) is -1.18.